The number of aryl methyl sites for hydroxylation is 1. The topological polar surface area (TPSA) is 97.2 Å². The van der Waals surface area contributed by atoms with E-state index in [-0.39, 0.29) is 28.0 Å². The Morgan fingerprint density at radius 1 is 1.09 bits per heavy atom. The van der Waals surface area contributed by atoms with Crippen molar-refractivity contribution in [3.63, 3.8) is 0 Å². The minimum absolute atomic E-state index is 0.136. The van der Waals surface area contributed by atoms with Crippen LogP contribution in [0.4, 0.5) is 5.82 Å². The van der Waals surface area contributed by atoms with Gasteiger partial charge in [0, 0.05) is 24.4 Å². The van der Waals surface area contributed by atoms with E-state index in [1.807, 2.05) is 13.8 Å². The maximum atomic E-state index is 13.0. The third kappa shape index (κ3) is 3.99. The van der Waals surface area contributed by atoms with Gasteiger partial charge in [-0.2, -0.15) is 9.78 Å². The predicted octanol–water partition coefficient (Wildman–Crippen LogP) is 4.39. The Balaban J connectivity index is 1.63. The highest BCUT2D eigenvalue weighted by molar-refractivity contribution is 6.35. The first-order valence-corrected chi connectivity index (χ1v) is 10.6. The van der Waals surface area contributed by atoms with Crippen molar-refractivity contribution in [2.24, 2.45) is 5.92 Å². The van der Waals surface area contributed by atoms with Crippen molar-refractivity contribution in [3.05, 3.63) is 69.0 Å². The van der Waals surface area contributed by atoms with Crippen molar-refractivity contribution in [3.8, 4) is 5.82 Å². The average molecular weight is 472 g/mol. The van der Waals surface area contributed by atoms with Crippen molar-refractivity contribution in [1.82, 2.24) is 19.7 Å². The Kier molecular flexibility index (Phi) is 5.75. The fourth-order valence-electron chi connectivity index (χ4n) is 3.46. The monoisotopic (exact) mass is 471 g/mol. The molecule has 1 aliphatic rings. The molecule has 2 aromatic heterocycles. The molecule has 0 saturated carbocycles. The van der Waals surface area contributed by atoms with Crippen LogP contribution >= 0.6 is 23.2 Å². The van der Waals surface area contributed by atoms with Crippen molar-refractivity contribution < 1.29 is 14.4 Å². The second kappa shape index (κ2) is 8.37. The van der Waals surface area contributed by atoms with E-state index in [9.17, 15) is 14.4 Å². The summed E-state index contributed by atoms with van der Waals surface area (Å²) in [5, 5.41) is 7.75. The Morgan fingerprint density at radius 3 is 2.50 bits per heavy atom. The van der Waals surface area contributed by atoms with Crippen molar-refractivity contribution >= 4 is 46.7 Å². The van der Waals surface area contributed by atoms with Gasteiger partial charge in [0.1, 0.15) is 5.82 Å². The molecule has 3 heterocycles. The van der Waals surface area contributed by atoms with Gasteiger partial charge in [0.25, 0.3) is 17.7 Å². The SMILES string of the molecule is Cc1cc(NC(=O)c2ccc3c(c2)C(=O)N(CC(C)C)C3=O)n(-c2ncc(Cl)cc2Cl)n1. The van der Waals surface area contributed by atoms with Crippen LogP contribution in [0.1, 0.15) is 50.6 Å². The molecule has 164 valence electrons. The molecule has 1 aliphatic heterocycles. The minimum atomic E-state index is -0.471. The van der Waals surface area contributed by atoms with Crippen LogP contribution in [0.2, 0.25) is 10.0 Å². The zero-order chi connectivity index (χ0) is 23.2. The summed E-state index contributed by atoms with van der Waals surface area (Å²) in [6.45, 7) is 5.94. The molecule has 0 saturated heterocycles. The number of fused-ring (bicyclic) bond motifs is 1. The van der Waals surface area contributed by atoms with Gasteiger partial charge in [-0.3, -0.25) is 19.3 Å². The highest BCUT2D eigenvalue weighted by Gasteiger charge is 2.36. The smallest absolute Gasteiger partial charge is 0.261 e. The van der Waals surface area contributed by atoms with Crippen LogP contribution in [0.25, 0.3) is 5.82 Å². The lowest BCUT2D eigenvalue weighted by atomic mass is 10.1. The molecule has 4 rings (SSSR count). The fraction of sp³-hybridized carbons (Fsp3) is 0.227. The number of halogens is 2. The molecule has 3 amide bonds. The van der Waals surface area contributed by atoms with E-state index in [0.29, 0.717) is 34.5 Å². The average Bonchev–Trinajstić information content (AvgIpc) is 3.19. The molecule has 0 unspecified atom stereocenters. The highest BCUT2D eigenvalue weighted by Crippen LogP contribution is 2.27. The van der Waals surface area contributed by atoms with E-state index < -0.39 is 11.8 Å². The first-order chi connectivity index (χ1) is 15.2. The summed E-state index contributed by atoms with van der Waals surface area (Å²) in [6, 6.07) is 7.65. The van der Waals surface area contributed by atoms with E-state index in [1.54, 1.807) is 13.0 Å². The van der Waals surface area contributed by atoms with Gasteiger partial charge in [0.2, 0.25) is 0 Å². The van der Waals surface area contributed by atoms with E-state index in [4.69, 9.17) is 23.2 Å². The summed E-state index contributed by atoms with van der Waals surface area (Å²) >= 11 is 12.2. The van der Waals surface area contributed by atoms with Crippen molar-refractivity contribution in [1.29, 1.82) is 0 Å². The Labute approximate surface area is 194 Å². The molecule has 3 aromatic rings. The first kappa shape index (κ1) is 22.0. The maximum absolute atomic E-state index is 13.0. The van der Waals surface area contributed by atoms with Gasteiger partial charge in [-0.15, -0.1) is 0 Å². The van der Waals surface area contributed by atoms with Gasteiger partial charge in [-0.25, -0.2) is 4.98 Å². The molecule has 0 radical (unpaired) electrons. The number of nitrogens with zero attached hydrogens (tertiary/aromatic N) is 4. The molecule has 0 fully saturated rings. The van der Waals surface area contributed by atoms with Gasteiger partial charge in [-0.05, 0) is 37.1 Å². The number of hydrogen-bond acceptors (Lipinski definition) is 5. The molecule has 10 heteroatoms. The van der Waals surface area contributed by atoms with Gasteiger partial charge in [0.15, 0.2) is 5.82 Å². The Hall–Kier alpha value is -3.23. The molecule has 0 atom stereocenters. The largest absolute Gasteiger partial charge is 0.306 e. The van der Waals surface area contributed by atoms with Crippen molar-refractivity contribution in [2.45, 2.75) is 20.8 Å². The summed E-state index contributed by atoms with van der Waals surface area (Å²) in [5.74, 6) is -0.431. The number of benzene rings is 1. The van der Waals surface area contributed by atoms with Gasteiger partial charge in [0.05, 0.1) is 26.9 Å². The van der Waals surface area contributed by atoms with Gasteiger partial charge in [-0.1, -0.05) is 37.0 Å². The number of amides is 3. The number of carbonyl (C=O) groups is 3. The molecule has 0 bridgehead atoms. The lowest BCUT2D eigenvalue weighted by Gasteiger charge is -2.15. The lowest BCUT2D eigenvalue weighted by Crippen LogP contribution is -2.33. The zero-order valence-corrected chi connectivity index (χ0v) is 19.0. The summed E-state index contributed by atoms with van der Waals surface area (Å²) in [6.07, 6.45) is 1.43. The normalized spacial score (nSPS) is 13.1. The zero-order valence-electron chi connectivity index (χ0n) is 17.5. The van der Waals surface area contributed by atoms with Crippen LogP contribution in [-0.4, -0.2) is 43.9 Å². The molecule has 32 heavy (non-hydrogen) atoms. The lowest BCUT2D eigenvalue weighted by molar-refractivity contribution is 0.0636. The third-order valence-corrected chi connectivity index (χ3v) is 5.33. The van der Waals surface area contributed by atoms with Crippen LogP contribution in [0, 0.1) is 12.8 Å². The summed E-state index contributed by atoms with van der Waals surface area (Å²) in [5.41, 5.74) is 1.38. The number of carbonyl (C=O) groups excluding carboxylic acids is 3. The number of anilines is 1. The second-order valence-electron chi connectivity index (χ2n) is 7.87. The van der Waals surface area contributed by atoms with E-state index in [1.165, 1.54) is 40.0 Å². The molecule has 0 spiro atoms. The van der Waals surface area contributed by atoms with Crippen molar-refractivity contribution in [2.75, 3.05) is 11.9 Å². The van der Waals surface area contributed by atoms with E-state index in [2.05, 4.69) is 15.4 Å². The second-order valence-corrected chi connectivity index (χ2v) is 8.71. The highest BCUT2D eigenvalue weighted by atomic mass is 35.5. The summed E-state index contributed by atoms with van der Waals surface area (Å²) in [4.78, 5) is 43.6. The molecule has 8 nitrogen and oxygen atoms in total. The maximum Gasteiger partial charge on any atom is 0.261 e. The number of imide groups is 1. The van der Waals surface area contributed by atoms with Crippen LogP contribution in [0.5, 0.6) is 0 Å². The number of aromatic nitrogens is 3. The van der Waals surface area contributed by atoms with Crippen LogP contribution in [-0.2, 0) is 0 Å². The molecule has 1 aromatic carbocycles. The predicted molar refractivity (Wildman–Crippen MR) is 121 cm³/mol. The number of hydrogen-bond donors (Lipinski definition) is 1. The van der Waals surface area contributed by atoms with Gasteiger partial charge < -0.3 is 5.32 Å². The van der Waals surface area contributed by atoms with Crippen LogP contribution < -0.4 is 5.32 Å². The van der Waals surface area contributed by atoms with E-state index >= 15 is 0 Å². The summed E-state index contributed by atoms with van der Waals surface area (Å²) < 4.78 is 1.40. The quantitative estimate of drug-likeness (QED) is 0.556. The molecular formula is C22H19Cl2N5O3. The van der Waals surface area contributed by atoms with Crippen LogP contribution in [0.15, 0.2) is 36.5 Å². The Morgan fingerprint density at radius 2 is 1.81 bits per heavy atom. The fourth-order valence-corrected chi connectivity index (χ4v) is 3.92. The molecule has 1 N–H and O–H groups in total. The standard InChI is InChI=1S/C22H19Cl2N5O3/c1-11(2)10-28-21(31)15-5-4-13(7-16(15)22(28)32)20(30)26-18-6-12(3)27-29(18)19-17(24)8-14(23)9-25-19/h4-9,11H,10H2,1-3H3,(H,26,30). The van der Waals surface area contributed by atoms with Gasteiger partial charge >= 0.3 is 0 Å². The number of pyridine rings is 1. The summed E-state index contributed by atoms with van der Waals surface area (Å²) in [7, 11) is 0. The number of nitrogens with one attached hydrogen (secondary N) is 1. The first-order valence-electron chi connectivity index (χ1n) is 9.85. The minimum Gasteiger partial charge on any atom is -0.306 e. The molecule has 0 aliphatic carbocycles. The number of rotatable bonds is 5. The Bertz CT molecular complexity index is 1270. The third-order valence-electron chi connectivity index (χ3n) is 4.84. The van der Waals surface area contributed by atoms with E-state index in [0.717, 1.165) is 0 Å². The molecular weight excluding hydrogens is 453 g/mol. The van der Waals surface area contributed by atoms with Crippen LogP contribution in [0.3, 0.4) is 0 Å².